The first-order chi connectivity index (χ1) is 10.1. The summed E-state index contributed by atoms with van der Waals surface area (Å²) in [4.78, 5) is 0. The molecule has 0 aliphatic carbocycles. The Hall–Kier alpha value is -0.880. The van der Waals surface area contributed by atoms with Gasteiger partial charge >= 0.3 is 0 Å². The van der Waals surface area contributed by atoms with Gasteiger partial charge in [0.25, 0.3) is 0 Å². The van der Waals surface area contributed by atoms with E-state index in [0.717, 1.165) is 28.9 Å². The maximum absolute atomic E-state index is 12.3. The molecule has 1 aliphatic rings. The van der Waals surface area contributed by atoms with Crippen molar-refractivity contribution in [1.29, 1.82) is 0 Å². The highest BCUT2D eigenvalue weighted by atomic mass is 35.5. The molecule has 21 heavy (non-hydrogen) atoms. The van der Waals surface area contributed by atoms with Crippen molar-refractivity contribution in [2.45, 2.75) is 24.5 Å². The van der Waals surface area contributed by atoms with Gasteiger partial charge < -0.3 is 4.74 Å². The first-order valence-corrected chi connectivity index (χ1v) is 8.79. The Bertz CT molecular complexity index is 688. The van der Waals surface area contributed by atoms with Crippen molar-refractivity contribution in [3.05, 3.63) is 50.8 Å². The summed E-state index contributed by atoms with van der Waals surface area (Å²) in [5.74, 6) is 0.784. The predicted octanol–water partition coefficient (Wildman–Crippen LogP) is 3.24. The number of nitrogens with zero attached hydrogens (tertiary/aromatic N) is 1. The molecule has 2 aromatic rings. The van der Waals surface area contributed by atoms with E-state index in [2.05, 4.69) is 10.2 Å². The lowest BCUT2D eigenvalue weighted by molar-refractivity contribution is 0.109. The molecule has 0 amide bonds. The van der Waals surface area contributed by atoms with E-state index in [0.29, 0.717) is 34.8 Å². The average molecular weight is 345 g/mol. The molecular formula is C14H14Cl2N2O2S. The number of halogens is 2. The Morgan fingerprint density at radius 2 is 2.19 bits per heavy atom. The number of hydrogen-bond donors (Lipinski definition) is 1. The van der Waals surface area contributed by atoms with Gasteiger partial charge in [-0.05, 0) is 17.7 Å². The van der Waals surface area contributed by atoms with Crippen molar-refractivity contribution in [3.8, 4) is 0 Å². The lowest BCUT2D eigenvalue weighted by atomic mass is 10.1. The van der Waals surface area contributed by atoms with Crippen LogP contribution in [0.25, 0.3) is 0 Å². The molecule has 0 fully saturated rings. The quantitative estimate of drug-likeness (QED) is 0.926. The van der Waals surface area contributed by atoms with E-state index in [4.69, 9.17) is 27.9 Å². The van der Waals surface area contributed by atoms with Gasteiger partial charge in [0.2, 0.25) is 0 Å². The van der Waals surface area contributed by atoms with Gasteiger partial charge in [0.1, 0.15) is 0 Å². The van der Waals surface area contributed by atoms with Crippen molar-refractivity contribution in [2.24, 2.45) is 0 Å². The predicted molar refractivity (Wildman–Crippen MR) is 84.0 cm³/mol. The average Bonchev–Trinajstić information content (AvgIpc) is 2.85. The number of benzene rings is 1. The highest BCUT2D eigenvalue weighted by Crippen LogP contribution is 2.24. The summed E-state index contributed by atoms with van der Waals surface area (Å²) in [6.07, 6.45) is 0.831. The molecule has 1 aliphatic heterocycles. The molecule has 0 bridgehead atoms. The van der Waals surface area contributed by atoms with Gasteiger partial charge in [-0.25, -0.2) is 0 Å². The van der Waals surface area contributed by atoms with Crippen LogP contribution in [0.2, 0.25) is 10.0 Å². The summed E-state index contributed by atoms with van der Waals surface area (Å²) in [5, 5.41) is 8.39. The largest absolute Gasteiger partial charge is 0.376 e. The molecule has 1 atom stereocenters. The number of H-pyrrole nitrogens is 1. The monoisotopic (exact) mass is 344 g/mol. The van der Waals surface area contributed by atoms with Crippen molar-refractivity contribution in [1.82, 2.24) is 10.2 Å². The minimum absolute atomic E-state index is 0.387. The number of fused-ring (bicyclic) bond motifs is 1. The van der Waals surface area contributed by atoms with Crippen LogP contribution < -0.4 is 0 Å². The van der Waals surface area contributed by atoms with Crippen LogP contribution in [0.5, 0.6) is 0 Å². The fraction of sp³-hybridized carbons (Fsp3) is 0.357. The fourth-order valence-corrected chi connectivity index (χ4v) is 4.10. The lowest BCUT2D eigenvalue weighted by Gasteiger charge is -2.12. The summed E-state index contributed by atoms with van der Waals surface area (Å²) in [5.41, 5.74) is 3.81. The van der Waals surface area contributed by atoms with E-state index < -0.39 is 10.8 Å². The van der Waals surface area contributed by atoms with Crippen LogP contribution in [-0.4, -0.2) is 21.0 Å². The fourth-order valence-electron chi connectivity index (χ4n) is 2.30. The van der Waals surface area contributed by atoms with E-state index in [1.807, 2.05) is 6.07 Å². The Morgan fingerprint density at radius 3 is 3.00 bits per heavy atom. The highest BCUT2D eigenvalue weighted by molar-refractivity contribution is 7.83. The van der Waals surface area contributed by atoms with Gasteiger partial charge in [-0.2, -0.15) is 5.10 Å². The zero-order valence-corrected chi connectivity index (χ0v) is 13.5. The second kappa shape index (κ2) is 6.48. The number of hydrogen-bond acceptors (Lipinski definition) is 3. The maximum atomic E-state index is 12.3. The molecule has 1 aromatic heterocycles. The smallest absolute Gasteiger partial charge is 0.0805 e. The first kappa shape index (κ1) is 15.0. The Labute approximate surface area is 135 Å². The van der Waals surface area contributed by atoms with E-state index in [9.17, 15) is 4.21 Å². The number of ether oxygens (including phenoxy) is 1. The molecule has 1 unspecified atom stereocenters. The summed E-state index contributed by atoms with van der Waals surface area (Å²) >= 11 is 12.0. The molecule has 0 radical (unpaired) electrons. The third kappa shape index (κ3) is 3.48. The minimum Gasteiger partial charge on any atom is -0.376 e. The number of nitrogens with one attached hydrogen (secondary N) is 1. The number of aromatic nitrogens is 2. The zero-order chi connectivity index (χ0) is 14.8. The van der Waals surface area contributed by atoms with Crippen LogP contribution in [0.1, 0.15) is 22.5 Å². The normalized spacial score (nSPS) is 15.7. The second-order valence-corrected chi connectivity index (χ2v) is 7.19. The number of aromatic amines is 1. The van der Waals surface area contributed by atoms with Crippen LogP contribution in [0.3, 0.4) is 0 Å². The summed E-state index contributed by atoms with van der Waals surface area (Å²) in [7, 11) is -1.08. The van der Waals surface area contributed by atoms with Crippen molar-refractivity contribution in [2.75, 3.05) is 6.61 Å². The van der Waals surface area contributed by atoms with Crippen LogP contribution in [0.15, 0.2) is 18.2 Å². The molecule has 3 rings (SSSR count). The molecular weight excluding hydrogens is 331 g/mol. The molecule has 112 valence electrons. The minimum atomic E-state index is -1.08. The van der Waals surface area contributed by atoms with Gasteiger partial charge in [0, 0.05) is 38.5 Å². The third-order valence-electron chi connectivity index (χ3n) is 3.41. The Kier molecular flexibility index (Phi) is 4.64. The van der Waals surface area contributed by atoms with Crippen molar-refractivity contribution in [3.63, 3.8) is 0 Å². The standard InChI is InChI=1S/C14H14Cl2N2O2S/c15-10-2-1-9(12(16)5-10)7-21(19)8-14-11-6-20-4-3-13(11)17-18-14/h1-2,5H,3-4,6-8H2,(H,17,18). The first-order valence-electron chi connectivity index (χ1n) is 6.55. The Morgan fingerprint density at radius 1 is 1.33 bits per heavy atom. The zero-order valence-electron chi connectivity index (χ0n) is 11.2. The highest BCUT2D eigenvalue weighted by Gasteiger charge is 2.19. The van der Waals surface area contributed by atoms with Gasteiger partial charge in [-0.15, -0.1) is 0 Å². The van der Waals surface area contributed by atoms with E-state index in [1.54, 1.807) is 12.1 Å². The molecule has 7 heteroatoms. The molecule has 1 aromatic carbocycles. The van der Waals surface area contributed by atoms with E-state index in [1.165, 1.54) is 0 Å². The maximum Gasteiger partial charge on any atom is 0.0805 e. The topological polar surface area (TPSA) is 55.0 Å². The van der Waals surface area contributed by atoms with Gasteiger partial charge in [-0.3, -0.25) is 9.31 Å². The molecule has 0 saturated carbocycles. The van der Waals surface area contributed by atoms with Crippen molar-refractivity contribution < 1.29 is 8.95 Å². The van der Waals surface area contributed by atoms with Crippen LogP contribution in [0, 0.1) is 0 Å². The van der Waals surface area contributed by atoms with Gasteiger partial charge in [0.15, 0.2) is 0 Å². The lowest BCUT2D eigenvalue weighted by Crippen LogP contribution is -2.10. The summed E-state index contributed by atoms with van der Waals surface area (Å²) < 4.78 is 17.8. The SMILES string of the molecule is O=S(Cc1ccc(Cl)cc1Cl)Cc1n[nH]c2c1COCC2. The van der Waals surface area contributed by atoms with Crippen molar-refractivity contribution >= 4 is 34.0 Å². The van der Waals surface area contributed by atoms with Crippen LogP contribution in [-0.2, 0) is 40.1 Å². The molecule has 2 heterocycles. The van der Waals surface area contributed by atoms with Gasteiger partial charge in [0.05, 0.1) is 30.4 Å². The van der Waals surface area contributed by atoms with Crippen LogP contribution in [0.4, 0.5) is 0 Å². The van der Waals surface area contributed by atoms with Gasteiger partial charge in [-0.1, -0.05) is 29.3 Å². The molecule has 0 spiro atoms. The molecule has 4 nitrogen and oxygen atoms in total. The third-order valence-corrected chi connectivity index (χ3v) is 5.23. The van der Waals surface area contributed by atoms with E-state index in [-0.39, 0.29) is 0 Å². The summed E-state index contributed by atoms with van der Waals surface area (Å²) in [6, 6.07) is 5.23. The number of rotatable bonds is 4. The van der Waals surface area contributed by atoms with E-state index >= 15 is 0 Å². The molecule has 0 saturated heterocycles. The Balaban J connectivity index is 1.70. The second-order valence-electron chi connectivity index (χ2n) is 4.89. The summed E-state index contributed by atoms with van der Waals surface area (Å²) in [6.45, 7) is 1.25. The molecule has 1 N–H and O–H groups in total. The van der Waals surface area contributed by atoms with Crippen LogP contribution >= 0.6 is 23.2 Å².